The summed E-state index contributed by atoms with van der Waals surface area (Å²) < 4.78 is 0. The van der Waals surface area contributed by atoms with E-state index in [0.29, 0.717) is 5.92 Å². The van der Waals surface area contributed by atoms with E-state index in [2.05, 4.69) is 92.4 Å². The first-order valence-corrected chi connectivity index (χ1v) is 11.0. The summed E-state index contributed by atoms with van der Waals surface area (Å²) >= 11 is 0. The van der Waals surface area contributed by atoms with Crippen molar-refractivity contribution in [2.24, 2.45) is 0 Å². The number of phenolic OH excluding ortho intramolecular Hbond substituents is 1. The van der Waals surface area contributed by atoms with E-state index < -0.39 is 0 Å². The molecule has 0 fully saturated rings. The zero-order valence-corrected chi connectivity index (χ0v) is 18.3. The smallest absolute Gasteiger partial charge is 0.116 e. The fraction of sp³-hybridized carbons (Fsp3) is 0.172. The molecule has 0 spiro atoms. The van der Waals surface area contributed by atoms with E-state index in [0.717, 1.165) is 34.6 Å². The van der Waals surface area contributed by atoms with Crippen LogP contribution in [0.1, 0.15) is 37.3 Å². The van der Waals surface area contributed by atoms with Crippen molar-refractivity contribution in [1.82, 2.24) is 0 Å². The van der Waals surface area contributed by atoms with Gasteiger partial charge in [0.25, 0.3) is 0 Å². The molecule has 1 atom stereocenters. The van der Waals surface area contributed by atoms with E-state index in [1.54, 1.807) is 6.07 Å². The van der Waals surface area contributed by atoms with E-state index in [1.165, 1.54) is 22.3 Å². The van der Waals surface area contributed by atoms with Gasteiger partial charge in [-0.2, -0.15) is 0 Å². The fourth-order valence-corrected chi connectivity index (χ4v) is 4.54. The standard InChI is InChI=1S/C29H27NO/c1-4-20(3)21-10-12-22(13-11-21)30-28-15-9-19(2)17-26(28)24-7-5-6-8-25(24)27-18-23(31)14-16-29(27)30/h5-18,20,31H,4H2,1-3H3. The van der Waals surface area contributed by atoms with Gasteiger partial charge in [0, 0.05) is 16.8 Å². The number of phenols is 1. The Hall–Kier alpha value is -3.52. The quantitative estimate of drug-likeness (QED) is 0.326. The van der Waals surface area contributed by atoms with E-state index in [9.17, 15) is 5.11 Å². The molecule has 0 saturated heterocycles. The molecule has 0 aromatic heterocycles. The average molecular weight is 406 g/mol. The first-order chi connectivity index (χ1) is 15.1. The van der Waals surface area contributed by atoms with Gasteiger partial charge in [-0.15, -0.1) is 0 Å². The van der Waals surface area contributed by atoms with Crippen molar-refractivity contribution < 1.29 is 5.11 Å². The first-order valence-electron chi connectivity index (χ1n) is 11.0. The number of rotatable bonds is 3. The van der Waals surface area contributed by atoms with Gasteiger partial charge < -0.3 is 10.0 Å². The van der Waals surface area contributed by atoms with Crippen LogP contribution >= 0.6 is 0 Å². The number of anilines is 3. The summed E-state index contributed by atoms with van der Waals surface area (Å²) in [7, 11) is 0. The van der Waals surface area contributed by atoms with E-state index in [1.807, 2.05) is 12.1 Å². The van der Waals surface area contributed by atoms with Gasteiger partial charge in [-0.3, -0.25) is 0 Å². The molecule has 1 aliphatic rings. The van der Waals surface area contributed by atoms with Crippen LogP contribution < -0.4 is 4.90 Å². The molecule has 1 aliphatic heterocycles. The minimum atomic E-state index is 0.280. The Kier molecular flexibility index (Phi) is 4.78. The van der Waals surface area contributed by atoms with Crippen molar-refractivity contribution in [3.8, 4) is 28.0 Å². The predicted octanol–water partition coefficient (Wildman–Crippen LogP) is 8.33. The zero-order valence-electron chi connectivity index (χ0n) is 18.3. The molecule has 0 aliphatic carbocycles. The molecule has 1 heterocycles. The maximum Gasteiger partial charge on any atom is 0.116 e. The summed E-state index contributed by atoms with van der Waals surface area (Å²) in [5, 5.41) is 10.3. The summed E-state index contributed by atoms with van der Waals surface area (Å²) in [6.45, 7) is 6.64. The molecule has 4 aromatic carbocycles. The molecule has 0 amide bonds. The molecule has 1 unspecified atom stereocenters. The molecule has 2 heteroatoms. The van der Waals surface area contributed by atoms with Crippen molar-refractivity contribution in [3.05, 3.63) is 96.1 Å². The van der Waals surface area contributed by atoms with Crippen molar-refractivity contribution in [3.63, 3.8) is 0 Å². The van der Waals surface area contributed by atoms with Gasteiger partial charge in [-0.05, 0) is 78.4 Å². The summed E-state index contributed by atoms with van der Waals surface area (Å²) in [4.78, 5) is 2.32. The molecular formula is C29H27NO. The van der Waals surface area contributed by atoms with Crippen LogP contribution in [0.5, 0.6) is 5.75 Å². The molecule has 5 rings (SSSR count). The van der Waals surface area contributed by atoms with Crippen LogP contribution in [0.15, 0.2) is 84.9 Å². The fourth-order valence-electron chi connectivity index (χ4n) is 4.54. The SMILES string of the molecule is CCC(C)c1ccc(N2c3ccc(C)cc3-c3ccccc3-c3cc(O)ccc32)cc1. The van der Waals surface area contributed by atoms with E-state index >= 15 is 0 Å². The molecule has 0 bridgehead atoms. The van der Waals surface area contributed by atoms with Crippen LogP contribution in [0.2, 0.25) is 0 Å². The highest BCUT2D eigenvalue weighted by Crippen LogP contribution is 2.51. The monoisotopic (exact) mass is 405 g/mol. The molecule has 0 saturated carbocycles. The number of nitrogens with zero attached hydrogens (tertiary/aromatic N) is 1. The third kappa shape index (κ3) is 3.29. The molecule has 4 aromatic rings. The Balaban J connectivity index is 1.81. The molecule has 154 valence electrons. The summed E-state index contributed by atoms with van der Waals surface area (Å²) in [6, 6.07) is 29.8. The van der Waals surface area contributed by atoms with Gasteiger partial charge in [0.15, 0.2) is 0 Å². The highest BCUT2D eigenvalue weighted by atomic mass is 16.3. The van der Waals surface area contributed by atoms with Gasteiger partial charge in [0.2, 0.25) is 0 Å². The number of hydrogen-bond acceptors (Lipinski definition) is 2. The van der Waals surface area contributed by atoms with Crippen LogP contribution in [-0.4, -0.2) is 5.11 Å². The maximum atomic E-state index is 10.3. The van der Waals surface area contributed by atoms with Crippen molar-refractivity contribution >= 4 is 17.1 Å². The third-order valence-corrected chi connectivity index (χ3v) is 6.45. The lowest BCUT2D eigenvalue weighted by Gasteiger charge is -2.28. The van der Waals surface area contributed by atoms with Gasteiger partial charge in [0.1, 0.15) is 5.75 Å². The summed E-state index contributed by atoms with van der Waals surface area (Å²) in [6.07, 6.45) is 1.13. The maximum absolute atomic E-state index is 10.3. The minimum absolute atomic E-state index is 0.280. The van der Waals surface area contributed by atoms with Crippen LogP contribution in [0.4, 0.5) is 17.1 Å². The largest absolute Gasteiger partial charge is 0.508 e. The van der Waals surface area contributed by atoms with E-state index in [4.69, 9.17) is 0 Å². The van der Waals surface area contributed by atoms with Crippen molar-refractivity contribution in [1.29, 1.82) is 0 Å². The highest BCUT2D eigenvalue weighted by Gasteiger charge is 2.26. The zero-order chi connectivity index (χ0) is 21.5. The Bertz CT molecular complexity index is 1180. The number of benzene rings is 4. The van der Waals surface area contributed by atoms with Gasteiger partial charge in [-0.25, -0.2) is 0 Å². The number of hydrogen-bond donors (Lipinski definition) is 1. The topological polar surface area (TPSA) is 23.5 Å². The summed E-state index contributed by atoms with van der Waals surface area (Å²) in [5.74, 6) is 0.823. The lowest BCUT2D eigenvalue weighted by Crippen LogP contribution is -2.11. The average Bonchev–Trinajstić information content (AvgIpc) is 2.91. The second kappa shape index (κ2) is 7.63. The number of aromatic hydroxyl groups is 1. The molecule has 0 radical (unpaired) electrons. The van der Waals surface area contributed by atoms with Gasteiger partial charge in [-0.1, -0.05) is 61.9 Å². The minimum Gasteiger partial charge on any atom is -0.508 e. The summed E-state index contributed by atoms with van der Waals surface area (Å²) in [5.41, 5.74) is 10.5. The van der Waals surface area contributed by atoms with Gasteiger partial charge >= 0.3 is 0 Å². The van der Waals surface area contributed by atoms with Crippen LogP contribution in [-0.2, 0) is 0 Å². The Morgan fingerprint density at radius 3 is 2.00 bits per heavy atom. The molecule has 1 N–H and O–H groups in total. The first kappa shape index (κ1) is 19.4. The Labute approximate surface area is 184 Å². The molecular weight excluding hydrogens is 378 g/mol. The lowest BCUT2D eigenvalue weighted by atomic mass is 9.94. The highest BCUT2D eigenvalue weighted by molar-refractivity contribution is 6.02. The Morgan fingerprint density at radius 2 is 1.35 bits per heavy atom. The Morgan fingerprint density at radius 1 is 0.742 bits per heavy atom. The number of aryl methyl sites for hydroxylation is 1. The van der Waals surface area contributed by atoms with Gasteiger partial charge in [0.05, 0.1) is 11.4 Å². The van der Waals surface area contributed by atoms with Crippen LogP contribution in [0.25, 0.3) is 22.3 Å². The third-order valence-electron chi connectivity index (χ3n) is 6.45. The second-order valence-corrected chi connectivity index (χ2v) is 8.50. The predicted molar refractivity (Wildman–Crippen MR) is 131 cm³/mol. The van der Waals surface area contributed by atoms with Crippen LogP contribution in [0.3, 0.4) is 0 Å². The lowest BCUT2D eigenvalue weighted by molar-refractivity contribution is 0.475. The van der Waals surface area contributed by atoms with Crippen LogP contribution in [0, 0.1) is 6.92 Å². The van der Waals surface area contributed by atoms with E-state index in [-0.39, 0.29) is 5.75 Å². The molecule has 31 heavy (non-hydrogen) atoms. The molecule has 2 nitrogen and oxygen atoms in total. The number of fused-ring (bicyclic) bond motifs is 5. The van der Waals surface area contributed by atoms with Crippen molar-refractivity contribution in [2.75, 3.05) is 4.90 Å². The normalized spacial score (nSPS) is 13.1. The second-order valence-electron chi connectivity index (χ2n) is 8.50. The van der Waals surface area contributed by atoms with Crippen molar-refractivity contribution in [2.45, 2.75) is 33.1 Å².